The molecule has 2 bridgehead atoms. The maximum absolute atomic E-state index is 13.0. The van der Waals surface area contributed by atoms with E-state index in [1.165, 1.54) is 6.42 Å². The van der Waals surface area contributed by atoms with E-state index in [2.05, 4.69) is 22.3 Å². The zero-order chi connectivity index (χ0) is 18.1. The molecule has 3 heterocycles. The Kier molecular flexibility index (Phi) is 4.96. The summed E-state index contributed by atoms with van der Waals surface area (Å²) in [4.78, 5) is 19.5. The third-order valence-corrected chi connectivity index (χ3v) is 5.55. The lowest BCUT2D eigenvalue weighted by Gasteiger charge is -2.22. The summed E-state index contributed by atoms with van der Waals surface area (Å²) in [5, 5.41) is 8.74. The lowest BCUT2D eigenvalue weighted by atomic mass is 10.1. The summed E-state index contributed by atoms with van der Waals surface area (Å²) in [6.45, 7) is 3.58. The number of nitrogens with one attached hydrogen (secondary N) is 1. The highest BCUT2D eigenvalue weighted by molar-refractivity contribution is 6.32. The molecule has 7 heteroatoms. The number of aromatic nitrogens is 3. The predicted octanol–water partition coefficient (Wildman–Crippen LogP) is 2.84. The van der Waals surface area contributed by atoms with Crippen LogP contribution in [-0.2, 0) is 6.42 Å². The van der Waals surface area contributed by atoms with E-state index in [0.717, 1.165) is 50.3 Å². The number of carbonyl (C=O) groups excluding carboxylic acids is 1. The molecule has 1 amide bonds. The van der Waals surface area contributed by atoms with Crippen LogP contribution in [0.2, 0.25) is 5.02 Å². The van der Waals surface area contributed by atoms with Gasteiger partial charge >= 0.3 is 0 Å². The van der Waals surface area contributed by atoms with Crippen molar-refractivity contribution in [2.45, 2.75) is 51.1 Å². The number of halogens is 1. The second kappa shape index (κ2) is 7.37. The maximum atomic E-state index is 13.0. The number of para-hydroxylation sites is 1. The van der Waals surface area contributed by atoms with Crippen molar-refractivity contribution < 1.29 is 4.79 Å². The van der Waals surface area contributed by atoms with Crippen LogP contribution in [0.15, 0.2) is 24.3 Å². The number of likely N-dealkylation sites (tertiary alicyclic amines) is 1. The first-order valence-corrected chi connectivity index (χ1v) is 9.79. The first kappa shape index (κ1) is 17.5. The molecular formula is C19H24ClN5O. The third kappa shape index (κ3) is 3.35. The standard InChI is InChI=1S/C19H24ClN5O/c1-2-5-17-22-18(23-25(17)16-7-4-3-6-15(16)20)19(26)24-11-10-13-8-9-14(12-24)21-13/h3-4,6-7,13-14,21H,2,5,8-12H2,1H3. The molecule has 2 aliphatic heterocycles. The van der Waals surface area contributed by atoms with Crippen LogP contribution in [0.1, 0.15) is 49.1 Å². The number of hydrogen-bond acceptors (Lipinski definition) is 4. The van der Waals surface area contributed by atoms with Crippen molar-refractivity contribution >= 4 is 17.5 Å². The molecule has 6 nitrogen and oxygen atoms in total. The van der Waals surface area contributed by atoms with Gasteiger partial charge in [-0.05, 0) is 37.8 Å². The highest BCUT2D eigenvalue weighted by Crippen LogP contribution is 2.23. The lowest BCUT2D eigenvalue weighted by molar-refractivity contribution is 0.0736. The summed E-state index contributed by atoms with van der Waals surface area (Å²) < 4.78 is 1.72. The van der Waals surface area contributed by atoms with E-state index in [0.29, 0.717) is 17.1 Å². The Morgan fingerprint density at radius 1 is 1.27 bits per heavy atom. The van der Waals surface area contributed by atoms with Gasteiger partial charge in [0, 0.05) is 31.6 Å². The smallest absolute Gasteiger partial charge is 0.293 e. The van der Waals surface area contributed by atoms with Crippen LogP contribution >= 0.6 is 11.6 Å². The van der Waals surface area contributed by atoms with Gasteiger partial charge in [-0.1, -0.05) is 30.7 Å². The Balaban J connectivity index is 1.63. The minimum Gasteiger partial charge on any atom is -0.334 e. The second-order valence-corrected chi connectivity index (χ2v) is 7.55. The molecular weight excluding hydrogens is 350 g/mol. The molecule has 138 valence electrons. The van der Waals surface area contributed by atoms with Gasteiger partial charge in [0.05, 0.1) is 10.7 Å². The molecule has 0 saturated carbocycles. The zero-order valence-corrected chi connectivity index (χ0v) is 15.7. The molecule has 2 fully saturated rings. The van der Waals surface area contributed by atoms with E-state index in [1.54, 1.807) is 4.68 Å². The van der Waals surface area contributed by atoms with Crippen LogP contribution < -0.4 is 5.32 Å². The molecule has 0 radical (unpaired) electrons. The largest absolute Gasteiger partial charge is 0.334 e. The average Bonchev–Trinajstić information content (AvgIpc) is 3.18. The van der Waals surface area contributed by atoms with Gasteiger partial charge < -0.3 is 10.2 Å². The van der Waals surface area contributed by atoms with E-state index >= 15 is 0 Å². The molecule has 0 aliphatic carbocycles. The van der Waals surface area contributed by atoms with Crippen molar-refractivity contribution in [2.75, 3.05) is 13.1 Å². The summed E-state index contributed by atoms with van der Waals surface area (Å²) in [6.07, 6.45) is 5.02. The number of rotatable bonds is 4. The van der Waals surface area contributed by atoms with Crippen LogP contribution in [0.25, 0.3) is 5.69 Å². The molecule has 1 aromatic heterocycles. The van der Waals surface area contributed by atoms with Gasteiger partial charge in [-0.2, -0.15) is 0 Å². The third-order valence-electron chi connectivity index (χ3n) is 5.23. The first-order chi connectivity index (χ1) is 12.7. The number of fused-ring (bicyclic) bond motifs is 2. The molecule has 0 spiro atoms. The number of nitrogens with zero attached hydrogens (tertiary/aromatic N) is 4. The quantitative estimate of drug-likeness (QED) is 0.895. The monoisotopic (exact) mass is 373 g/mol. The zero-order valence-electron chi connectivity index (χ0n) is 15.0. The van der Waals surface area contributed by atoms with Crippen molar-refractivity contribution in [2.24, 2.45) is 0 Å². The van der Waals surface area contributed by atoms with Crippen LogP contribution in [0.4, 0.5) is 0 Å². The molecule has 2 saturated heterocycles. The van der Waals surface area contributed by atoms with Crippen LogP contribution in [-0.4, -0.2) is 50.7 Å². The summed E-state index contributed by atoms with van der Waals surface area (Å²) in [5.74, 6) is 0.965. The fourth-order valence-electron chi connectivity index (χ4n) is 3.91. The van der Waals surface area contributed by atoms with Crippen molar-refractivity contribution in [1.82, 2.24) is 25.0 Å². The maximum Gasteiger partial charge on any atom is 0.293 e. The topological polar surface area (TPSA) is 63.1 Å². The molecule has 4 rings (SSSR count). The van der Waals surface area contributed by atoms with Gasteiger partial charge in [-0.3, -0.25) is 4.79 Å². The summed E-state index contributed by atoms with van der Waals surface area (Å²) in [5.41, 5.74) is 0.765. The molecule has 1 N–H and O–H groups in total. The number of carbonyl (C=O) groups is 1. The fourth-order valence-corrected chi connectivity index (χ4v) is 4.12. The van der Waals surface area contributed by atoms with Gasteiger partial charge in [-0.25, -0.2) is 9.67 Å². The second-order valence-electron chi connectivity index (χ2n) is 7.14. The Bertz CT molecular complexity index is 805. The molecule has 26 heavy (non-hydrogen) atoms. The van der Waals surface area contributed by atoms with E-state index in [4.69, 9.17) is 11.6 Å². The highest BCUT2D eigenvalue weighted by Gasteiger charge is 2.33. The Labute approximate surface area is 158 Å². The Morgan fingerprint density at radius 2 is 2.08 bits per heavy atom. The number of benzene rings is 1. The van der Waals surface area contributed by atoms with Crippen molar-refractivity contribution in [3.05, 3.63) is 40.9 Å². The summed E-state index contributed by atoms with van der Waals surface area (Å²) in [7, 11) is 0. The molecule has 1 aromatic carbocycles. The van der Waals surface area contributed by atoms with Gasteiger partial charge in [-0.15, -0.1) is 5.10 Å². The highest BCUT2D eigenvalue weighted by atomic mass is 35.5. The first-order valence-electron chi connectivity index (χ1n) is 9.42. The van der Waals surface area contributed by atoms with Crippen LogP contribution in [0.3, 0.4) is 0 Å². The predicted molar refractivity (Wildman–Crippen MR) is 101 cm³/mol. The van der Waals surface area contributed by atoms with Gasteiger partial charge in [0.1, 0.15) is 5.82 Å². The normalized spacial score (nSPS) is 22.5. The minimum absolute atomic E-state index is 0.0810. The summed E-state index contributed by atoms with van der Waals surface area (Å²) >= 11 is 6.34. The Hall–Kier alpha value is -1.92. The van der Waals surface area contributed by atoms with E-state index in [-0.39, 0.29) is 11.7 Å². The SMILES string of the molecule is CCCc1nc(C(=O)N2CCC3CCC(C2)N3)nn1-c1ccccc1Cl. The van der Waals surface area contributed by atoms with Crippen molar-refractivity contribution in [1.29, 1.82) is 0 Å². The fraction of sp³-hybridized carbons (Fsp3) is 0.526. The van der Waals surface area contributed by atoms with Crippen LogP contribution in [0, 0.1) is 0 Å². The number of amides is 1. The van der Waals surface area contributed by atoms with Gasteiger partial charge in [0.15, 0.2) is 0 Å². The number of aryl methyl sites for hydroxylation is 1. The van der Waals surface area contributed by atoms with Gasteiger partial charge in [0.25, 0.3) is 5.91 Å². The van der Waals surface area contributed by atoms with E-state index in [1.807, 2.05) is 29.2 Å². The van der Waals surface area contributed by atoms with Gasteiger partial charge in [0.2, 0.25) is 5.82 Å². The summed E-state index contributed by atoms with van der Waals surface area (Å²) in [6, 6.07) is 8.46. The Morgan fingerprint density at radius 3 is 2.88 bits per heavy atom. The molecule has 2 unspecified atom stereocenters. The van der Waals surface area contributed by atoms with E-state index in [9.17, 15) is 4.79 Å². The number of hydrogen-bond donors (Lipinski definition) is 1. The average molecular weight is 374 g/mol. The lowest BCUT2D eigenvalue weighted by Crippen LogP contribution is -2.39. The van der Waals surface area contributed by atoms with E-state index < -0.39 is 0 Å². The molecule has 2 aliphatic rings. The minimum atomic E-state index is -0.0810. The van der Waals surface area contributed by atoms with Crippen LogP contribution in [0.5, 0.6) is 0 Å². The molecule has 2 aromatic rings. The molecule has 2 atom stereocenters. The van der Waals surface area contributed by atoms with Crippen molar-refractivity contribution in [3.63, 3.8) is 0 Å². The van der Waals surface area contributed by atoms with Crippen molar-refractivity contribution in [3.8, 4) is 5.69 Å².